The van der Waals surface area contributed by atoms with Gasteiger partial charge < -0.3 is 15.4 Å². The fourth-order valence-electron chi connectivity index (χ4n) is 2.89. The Morgan fingerprint density at radius 3 is 2.79 bits per heavy atom. The number of hydrogen-bond acceptors (Lipinski definition) is 4. The number of nitrogens with zero attached hydrogens (tertiary/aromatic N) is 1. The fraction of sp³-hybridized carbons (Fsp3) is 0.929. The molecular formula is C14H28IN3O. The van der Waals surface area contributed by atoms with Gasteiger partial charge in [-0.1, -0.05) is 20.8 Å². The molecule has 0 saturated carbocycles. The number of guanidine groups is 1. The standard InChI is InChI=1S/C14H27N3O.HI/c1-14(2,3)12-11(6-4-9-18-12)10-17-13-15-7-5-8-16-13;/h11-12H,4-10H2,1-3H3,(H2,15,16,17);1H. The normalized spacial score (nSPS) is 27.8. The molecule has 2 unspecified atom stereocenters. The molecule has 0 aliphatic carbocycles. The quantitative estimate of drug-likeness (QED) is 0.722. The zero-order valence-electron chi connectivity index (χ0n) is 12.4. The Kier molecular flexibility index (Phi) is 6.86. The second kappa shape index (κ2) is 7.67. The predicted octanol–water partition coefficient (Wildman–Crippen LogP) is 2.38. The Morgan fingerprint density at radius 1 is 1.37 bits per heavy atom. The van der Waals surface area contributed by atoms with Crippen molar-refractivity contribution in [1.82, 2.24) is 10.6 Å². The summed E-state index contributed by atoms with van der Waals surface area (Å²) in [4.78, 5) is 4.45. The molecule has 0 radical (unpaired) electrons. The summed E-state index contributed by atoms with van der Waals surface area (Å²) in [6.45, 7) is 10.7. The van der Waals surface area contributed by atoms with Crippen molar-refractivity contribution in [2.75, 3.05) is 26.2 Å². The van der Waals surface area contributed by atoms with Crippen LogP contribution in [0, 0.1) is 11.3 Å². The minimum Gasteiger partial charge on any atom is -0.377 e. The number of nitrogens with one attached hydrogen (secondary N) is 2. The molecule has 1 saturated heterocycles. The van der Waals surface area contributed by atoms with E-state index in [1.54, 1.807) is 0 Å². The monoisotopic (exact) mass is 381 g/mol. The van der Waals surface area contributed by atoms with Gasteiger partial charge in [-0.3, -0.25) is 4.99 Å². The maximum Gasteiger partial charge on any atom is 0.191 e. The van der Waals surface area contributed by atoms with E-state index >= 15 is 0 Å². The first-order valence-electron chi connectivity index (χ1n) is 7.21. The summed E-state index contributed by atoms with van der Waals surface area (Å²) in [5.41, 5.74) is 0.217. The zero-order valence-corrected chi connectivity index (χ0v) is 14.7. The van der Waals surface area contributed by atoms with Gasteiger partial charge in [-0.2, -0.15) is 0 Å². The van der Waals surface area contributed by atoms with E-state index in [4.69, 9.17) is 4.74 Å². The molecule has 19 heavy (non-hydrogen) atoms. The molecule has 0 amide bonds. The van der Waals surface area contributed by atoms with Crippen LogP contribution in [-0.2, 0) is 4.74 Å². The van der Waals surface area contributed by atoms with Crippen molar-refractivity contribution in [3.63, 3.8) is 0 Å². The molecule has 0 aromatic carbocycles. The van der Waals surface area contributed by atoms with E-state index in [1.807, 2.05) is 0 Å². The second-order valence-electron chi connectivity index (χ2n) is 6.45. The number of halogens is 1. The Balaban J connectivity index is 0.00000180. The molecule has 0 aromatic heterocycles. The molecule has 2 heterocycles. The average molecular weight is 381 g/mol. The highest BCUT2D eigenvalue weighted by Crippen LogP contribution is 2.33. The van der Waals surface area contributed by atoms with E-state index in [2.05, 4.69) is 36.4 Å². The van der Waals surface area contributed by atoms with Gasteiger partial charge in [-0.15, -0.1) is 24.0 Å². The van der Waals surface area contributed by atoms with Crippen molar-refractivity contribution in [3.05, 3.63) is 0 Å². The third-order valence-corrected chi connectivity index (χ3v) is 3.73. The summed E-state index contributed by atoms with van der Waals surface area (Å²) in [5.74, 6) is 1.56. The highest BCUT2D eigenvalue weighted by molar-refractivity contribution is 14.0. The van der Waals surface area contributed by atoms with Crippen LogP contribution in [0.1, 0.15) is 40.0 Å². The summed E-state index contributed by atoms with van der Waals surface area (Å²) in [7, 11) is 0. The van der Waals surface area contributed by atoms with Crippen LogP contribution < -0.4 is 10.6 Å². The Morgan fingerprint density at radius 2 is 2.16 bits per heavy atom. The van der Waals surface area contributed by atoms with Gasteiger partial charge in [0.05, 0.1) is 6.10 Å². The van der Waals surface area contributed by atoms with Crippen molar-refractivity contribution in [2.24, 2.45) is 16.3 Å². The lowest BCUT2D eigenvalue weighted by molar-refractivity contribution is -0.0835. The molecule has 4 nitrogen and oxygen atoms in total. The van der Waals surface area contributed by atoms with Gasteiger partial charge in [0.15, 0.2) is 5.96 Å². The van der Waals surface area contributed by atoms with Crippen LogP contribution in [0.15, 0.2) is 4.99 Å². The zero-order chi connectivity index (χ0) is 13.0. The van der Waals surface area contributed by atoms with E-state index in [9.17, 15) is 0 Å². The molecule has 5 heteroatoms. The number of aliphatic imine (C=N–C) groups is 1. The first-order valence-corrected chi connectivity index (χ1v) is 7.21. The summed E-state index contributed by atoms with van der Waals surface area (Å²) in [5, 5.41) is 6.76. The first kappa shape index (κ1) is 17.0. The Hall–Kier alpha value is -0.0400. The van der Waals surface area contributed by atoms with E-state index < -0.39 is 0 Å². The summed E-state index contributed by atoms with van der Waals surface area (Å²) < 4.78 is 5.99. The lowest BCUT2D eigenvalue weighted by Crippen LogP contribution is -2.48. The molecule has 2 atom stereocenters. The number of hydrogen-bond donors (Lipinski definition) is 2. The van der Waals surface area contributed by atoms with Crippen LogP contribution in [0.3, 0.4) is 0 Å². The molecule has 112 valence electrons. The summed E-state index contributed by atoms with van der Waals surface area (Å²) >= 11 is 0. The van der Waals surface area contributed by atoms with Crippen LogP contribution in [0.2, 0.25) is 0 Å². The summed E-state index contributed by atoms with van der Waals surface area (Å²) in [6, 6.07) is 0. The lowest BCUT2D eigenvalue weighted by Gasteiger charge is -2.40. The van der Waals surface area contributed by atoms with Crippen molar-refractivity contribution in [2.45, 2.75) is 46.1 Å². The van der Waals surface area contributed by atoms with E-state index in [-0.39, 0.29) is 29.4 Å². The largest absolute Gasteiger partial charge is 0.377 e. The lowest BCUT2D eigenvalue weighted by atomic mass is 9.78. The van der Waals surface area contributed by atoms with Gasteiger partial charge in [0.1, 0.15) is 0 Å². The smallest absolute Gasteiger partial charge is 0.191 e. The van der Waals surface area contributed by atoms with Crippen molar-refractivity contribution in [1.29, 1.82) is 0 Å². The molecule has 2 N–H and O–H groups in total. The fourth-order valence-corrected chi connectivity index (χ4v) is 2.89. The molecule has 1 fully saturated rings. The molecule has 2 aliphatic heterocycles. The maximum atomic E-state index is 5.99. The first-order chi connectivity index (χ1) is 8.57. The second-order valence-corrected chi connectivity index (χ2v) is 6.45. The van der Waals surface area contributed by atoms with Gasteiger partial charge in [0, 0.05) is 32.2 Å². The van der Waals surface area contributed by atoms with Gasteiger partial charge >= 0.3 is 0 Å². The third-order valence-electron chi connectivity index (χ3n) is 3.73. The summed E-state index contributed by atoms with van der Waals surface area (Å²) in [6.07, 6.45) is 3.92. The Labute approximate surface area is 134 Å². The topological polar surface area (TPSA) is 45.6 Å². The van der Waals surface area contributed by atoms with Gasteiger partial charge in [0.25, 0.3) is 0 Å². The predicted molar refractivity (Wildman–Crippen MR) is 90.3 cm³/mol. The number of ether oxygens (including phenoxy) is 1. The SMILES string of the molecule is CC(C)(C)C1OCCCC1CNC1=NCCCN1.I. The maximum absolute atomic E-state index is 5.99. The molecule has 2 rings (SSSR count). The molecule has 2 aliphatic rings. The minimum atomic E-state index is 0. The van der Waals surface area contributed by atoms with Gasteiger partial charge in [-0.05, 0) is 24.7 Å². The van der Waals surface area contributed by atoms with Crippen molar-refractivity contribution < 1.29 is 4.74 Å². The number of rotatable bonds is 2. The minimum absolute atomic E-state index is 0. The average Bonchev–Trinajstić information content (AvgIpc) is 2.37. The van der Waals surface area contributed by atoms with Crippen molar-refractivity contribution in [3.8, 4) is 0 Å². The Bertz CT molecular complexity index is 302. The van der Waals surface area contributed by atoms with Crippen LogP contribution in [-0.4, -0.2) is 38.3 Å². The third kappa shape index (κ3) is 5.10. The molecular weight excluding hydrogens is 353 g/mol. The van der Waals surface area contributed by atoms with E-state index in [1.165, 1.54) is 12.8 Å². The van der Waals surface area contributed by atoms with Gasteiger partial charge in [0.2, 0.25) is 0 Å². The van der Waals surface area contributed by atoms with Crippen LogP contribution in [0.25, 0.3) is 0 Å². The van der Waals surface area contributed by atoms with Crippen molar-refractivity contribution >= 4 is 29.9 Å². The van der Waals surface area contributed by atoms with Crippen LogP contribution in [0.4, 0.5) is 0 Å². The van der Waals surface area contributed by atoms with Crippen LogP contribution in [0.5, 0.6) is 0 Å². The highest BCUT2D eigenvalue weighted by Gasteiger charge is 2.35. The molecule has 0 spiro atoms. The molecule has 0 aromatic rings. The van der Waals surface area contributed by atoms with Gasteiger partial charge in [-0.25, -0.2) is 0 Å². The molecule has 0 bridgehead atoms. The van der Waals surface area contributed by atoms with Crippen LogP contribution >= 0.6 is 24.0 Å². The highest BCUT2D eigenvalue weighted by atomic mass is 127. The van der Waals surface area contributed by atoms with E-state index in [0.29, 0.717) is 12.0 Å². The van der Waals surface area contributed by atoms with E-state index in [0.717, 1.165) is 38.6 Å².